The Morgan fingerprint density at radius 1 is 1.30 bits per heavy atom. The van der Waals surface area contributed by atoms with Crippen LogP contribution >= 0.6 is 11.3 Å². The van der Waals surface area contributed by atoms with E-state index in [0.29, 0.717) is 6.04 Å². The fourth-order valence-corrected chi connectivity index (χ4v) is 3.24. The maximum absolute atomic E-state index is 4.93. The lowest BCUT2D eigenvalue weighted by molar-refractivity contribution is 0.584. The van der Waals surface area contributed by atoms with Crippen LogP contribution < -0.4 is 10.2 Å². The van der Waals surface area contributed by atoms with Crippen molar-refractivity contribution in [2.75, 3.05) is 18.5 Å². The number of nitrogens with zero attached hydrogens (tertiary/aromatic N) is 2. The van der Waals surface area contributed by atoms with Crippen LogP contribution in [-0.2, 0) is 6.54 Å². The Labute approximate surface area is 127 Å². The molecule has 0 atom stereocenters. The molecule has 1 aromatic rings. The van der Waals surface area contributed by atoms with E-state index in [1.807, 2.05) is 11.3 Å². The number of rotatable bonds is 8. The molecule has 1 fully saturated rings. The first-order valence-corrected chi connectivity index (χ1v) is 8.73. The lowest BCUT2D eigenvalue weighted by Crippen LogP contribution is -2.21. The van der Waals surface area contributed by atoms with Crippen molar-refractivity contribution < 1.29 is 0 Å². The molecule has 1 aliphatic rings. The predicted octanol–water partition coefficient (Wildman–Crippen LogP) is 4.00. The molecule has 1 heterocycles. The summed E-state index contributed by atoms with van der Waals surface area (Å²) >= 11 is 1.88. The van der Waals surface area contributed by atoms with Crippen molar-refractivity contribution in [3.8, 4) is 0 Å². The maximum Gasteiger partial charge on any atom is 0.185 e. The summed E-state index contributed by atoms with van der Waals surface area (Å²) in [5.41, 5.74) is 1.37. The van der Waals surface area contributed by atoms with Gasteiger partial charge in [0.25, 0.3) is 0 Å². The minimum Gasteiger partial charge on any atom is -0.351 e. The van der Waals surface area contributed by atoms with E-state index in [1.54, 1.807) is 0 Å². The van der Waals surface area contributed by atoms with Gasteiger partial charge in [-0.15, -0.1) is 11.3 Å². The number of anilines is 1. The summed E-state index contributed by atoms with van der Waals surface area (Å²) in [6.45, 7) is 11.0. The number of aromatic nitrogens is 1. The van der Waals surface area contributed by atoms with Gasteiger partial charge in [-0.1, -0.05) is 27.7 Å². The fraction of sp³-hybridized carbons (Fsp3) is 0.812. The summed E-state index contributed by atoms with van der Waals surface area (Å²) in [7, 11) is 2.18. The smallest absolute Gasteiger partial charge is 0.185 e. The van der Waals surface area contributed by atoms with Gasteiger partial charge in [0.05, 0.1) is 5.69 Å². The zero-order valence-electron chi connectivity index (χ0n) is 13.6. The van der Waals surface area contributed by atoms with Gasteiger partial charge in [0.15, 0.2) is 5.13 Å². The van der Waals surface area contributed by atoms with Crippen LogP contribution in [0.3, 0.4) is 0 Å². The van der Waals surface area contributed by atoms with Crippen molar-refractivity contribution in [3.63, 3.8) is 0 Å². The first-order valence-electron chi connectivity index (χ1n) is 7.91. The second kappa shape index (κ2) is 6.90. The minimum absolute atomic E-state index is 0.534. The standard InChI is InChI=1S/C16H29N3S/c1-11(2)8-9-19(5)16-18-15(13-6-7-13)14(20-16)10-17-12(3)4/h11-13,17H,6-10H2,1-5H3. The summed E-state index contributed by atoms with van der Waals surface area (Å²) in [6, 6.07) is 0.534. The molecule has 1 aliphatic carbocycles. The third-order valence-corrected chi connectivity index (χ3v) is 4.91. The molecule has 0 radical (unpaired) electrons. The molecule has 0 unspecified atom stereocenters. The Hall–Kier alpha value is -0.610. The van der Waals surface area contributed by atoms with Crippen molar-refractivity contribution in [2.24, 2.45) is 5.92 Å². The Morgan fingerprint density at radius 3 is 2.55 bits per heavy atom. The van der Waals surface area contributed by atoms with Gasteiger partial charge in [0.2, 0.25) is 0 Å². The van der Waals surface area contributed by atoms with Gasteiger partial charge >= 0.3 is 0 Å². The molecular weight excluding hydrogens is 266 g/mol. The van der Waals surface area contributed by atoms with Crippen LogP contribution in [0.25, 0.3) is 0 Å². The Balaban J connectivity index is 2.03. The molecule has 20 heavy (non-hydrogen) atoms. The highest BCUT2D eigenvalue weighted by atomic mass is 32.1. The molecule has 0 aromatic carbocycles. The van der Waals surface area contributed by atoms with Gasteiger partial charge in [0.1, 0.15) is 0 Å². The summed E-state index contributed by atoms with van der Waals surface area (Å²) in [5, 5.41) is 4.74. The van der Waals surface area contributed by atoms with Crippen LogP contribution in [0, 0.1) is 5.92 Å². The summed E-state index contributed by atoms with van der Waals surface area (Å²) in [5.74, 6) is 1.49. The third-order valence-electron chi connectivity index (χ3n) is 3.72. The zero-order valence-corrected chi connectivity index (χ0v) is 14.4. The molecular formula is C16H29N3S. The van der Waals surface area contributed by atoms with E-state index in [2.05, 4.69) is 45.0 Å². The van der Waals surface area contributed by atoms with Crippen LogP contribution in [0.5, 0.6) is 0 Å². The third kappa shape index (κ3) is 4.45. The normalized spacial score (nSPS) is 15.3. The molecule has 0 bridgehead atoms. The summed E-state index contributed by atoms with van der Waals surface area (Å²) in [4.78, 5) is 8.71. The van der Waals surface area contributed by atoms with Gasteiger partial charge in [0, 0.05) is 37.0 Å². The average molecular weight is 295 g/mol. The monoisotopic (exact) mass is 295 g/mol. The molecule has 114 valence electrons. The van der Waals surface area contributed by atoms with E-state index >= 15 is 0 Å². The summed E-state index contributed by atoms with van der Waals surface area (Å²) in [6.07, 6.45) is 3.88. The van der Waals surface area contributed by atoms with E-state index in [4.69, 9.17) is 4.98 Å². The van der Waals surface area contributed by atoms with Gasteiger partial charge in [-0.3, -0.25) is 0 Å². The van der Waals surface area contributed by atoms with Crippen molar-refractivity contribution in [3.05, 3.63) is 10.6 Å². The highest BCUT2D eigenvalue weighted by Gasteiger charge is 2.30. The fourth-order valence-electron chi connectivity index (χ4n) is 2.16. The highest BCUT2D eigenvalue weighted by Crippen LogP contribution is 2.44. The molecule has 1 aromatic heterocycles. The van der Waals surface area contributed by atoms with E-state index in [1.165, 1.54) is 35.0 Å². The molecule has 0 aliphatic heterocycles. The van der Waals surface area contributed by atoms with Crippen molar-refractivity contribution in [1.29, 1.82) is 0 Å². The van der Waals surface area contributed by atoms with E-state index in [0.717, 1.165) is 24.9 Å². The first-order chi connectivity index (χ1) is 9.47. The van der Waals surface area contributed by atoms with Gasteiger partial charge in [-0.05, 0) is 25.2 Å². The van der Waals surface area contributed by atoms with Crippen LogP contribution in [0.15, 0.2) is 0 Å². The van der Waals surface area contributed by atoms with Crippen LogP contribution in [-0.4, -0.2) is 24.6 Å². The first kappa shape index (κ1) is 15.8. The minimum atomic E-state index is 0.534. The molecule has 0 saturated heterocycles. The number of hydrogen-bond acceptors (Lipinski definition) is 4. The number of thiazole rings is 1. The van der Waals surface area contributed by atoms with Crippen molar-refractivity contribution in [1.82, 2.24) is 10.3 Å². The second-order valence-corrected chi connectivity index (χ2v) is 7.78. The quantitative estimate of drug-likeness (QED) is 0.785. The van der Waals surface area contributed by atoms with Gasteiger partial charge in [-0.25, -0.2) is 4.98 Å². The van der Waals surface area contributed by atoms with E-state index in [9.17, 15) is 0 Å². The zero-order chi connectivity index (χ0) is 14.7. The molecule has 0 amide bonds. The van der Waals surface area contributed by atoms with Gasteiger partial charge < -0.3 is 10.2 Å². The highest BCUT2D eigenvalue weighted by molar-refractivity contribution is 7.15. The Kier molecular flexibility index (Phi) is 5.44. The number of nitrogens with one attached hydrogen (secondary N) is 1. The lowest BCUT2D eigenvalue weighted by atomic mass is 10.1. The summed E-state index contributed by atoms with van der Waals surface area (Å²) < 4.78 is 0. The lowest BCUT2D eigenvalue weighted by Gasteiger charge is -2.16. The van der Waals surface area contributed by atoms with Crippen LogP contribution in [0.1, 0.15) is 63.4 Å². The predicted molar refractivity (Wildman–Crippen MR) is 88.8 cm³/mol. The molecule has 4 heteroatoms. The molecule has 1 N–H and O–H groups in total. The Bertz CT molecular complexity index is 421. The largest absolute Gasteiger partial charge is 0.351 e. The second-order valence-electron chi connectivity index (χ2n) is 6.72. The number of hydrogen-bond donors (Lipinski definition) is 1. The molecule has 3 nitrogen and oxygen atoms in total. The average Bonchev–Trinajstić information content (AvgIpc) is 3.13. The molecule has 0 spiro atoms. The Morgan fingerprint density at radius 2 is 2.00 bits per heavy atom. The topological polar surface area (TPSA) is 28.2 Å². The SMILES string of the molecule is CC(C)CCN(C)c1nc(C2CC2)c(CNC(C)C)s1. The van der Waals surface area contributed by atoms with Crippen molar-refractivity contribution in [2.45, 2.75) is 65.5 Å². The van der Waals surface area contributed by atoms with Crippen LogP contribution in [0.2, 0.25) is 0 Å². The van der Waals surface area contributed by atoms with E-state index in [-0.39, 0.29) is 0 Å². The molecule has 2 rings (SSSR count). The van der Waals surface area contributed by atoms with Crippen LogP contribution in [0.4, 0.5) is 5.13 Å². The maximum atomic E-state index is 4.93. The van der Waals surface area contributed by atoms with Gasteiger partial charge in [-0.2, -0.15) is 0 Å². The molecule has 1 saturated carbocycles. The van der Waals surface area contributed by atoms with Crippen molar-refractivity contribution >= 4 is 16.5 Å². The van der Waals surface area contributed by atoms with E-state index < -0.39 is 0 Å².